The number of hydrogen-bond acceptors (Lipinski definition) is 4. The average molecular weight is 279 g/mol. The van der Waals surface area contributed by atoms with Gasteiger partial charge in [0, 0.05) is 32.7 Å². The molecular formula is C13H17N3O4. The fraction of sp³-hybridized carbons (Fsp3) is 0.385. The maximum Gasteiger partial charge on any atom is 0.316 e. The van der Waals surface area contributed by atoms with E-state index >= 15 is 0 Å². The molecule has 1 aromatic rings. The molecule has 2 rings (SSSR count). The number of ether oxygens (including phenoxy) is 2. The van der Waals surface area contributed by atoms with Crippen LogP contribution in [0.1, 0.15) is 10.4 Å². The zero-order valence-electron chi connectivity index (χ0n) is 11.4. The first-order chi connectivity index (χ1) is 9.58. The number of fused-ring (bicyclic) bond motifs is 1. The minimum atomic E-state index is -0.220. The molecule has 108 valence electrons. The normalized spacial score (nSPS) is 11.9. The topological polar surface area (TPSA) is 79.9 Å². The van der Waals surface area contributed by atoms with Crippen LogP contribution >= 0.6 is 0 Å². The summed E-state index contributed by atoms with van der Waals surface area (Å²) in [6, 6.07) is 4.81. The predicted octanol–water partition coefficient (Wildman–Crippen LogP) is 0.416. The number of amides is 3. The minimum Gasteiger partial charge on any atom is -0.454 e. The first kappa shape index (κ1) is 14.0. The largest absolute Gasteiger partial charge is 0.454 e. The lowest BCUT2D eigenvalue weighted by Crippen LogP contribution is -2.39. The number of carbonyl (C=O) groups is 2. The highest BCUT2D eigenvalue weighted by atomic mass is 16.7. The second-order valence-electron chi connectivity index (χ2n) is 4.45. The SMILES string of the molecule is CN(C)C(=O)NCCNC(=O)c1ccc2c(c1)OCO2. The quantitative estimate of drug-likeness (QED) is 0.783. The van der Waals surface area contributed by atoms with Gasteiger partial charge in [0.1, 0.15) is 0 Å². The van der Waals surface area contributed by atoms with Crippen LogP contribution in [0.4, 0.5) is 4.79 Å². The molecule has 0 unspecified atom stereocenters. The van der Waals surface area contributed by atoms with Crippen LogP contribution in [0.2, 0.25) is 0 Å². The average Bonchev–Trinajstić information content (AvgIpc) is 2.90. The summed E-state index contributed by atoms with van der Waals surface area (Å²) in [5, 5.41) is 5.37. The molecule has 2 N–H and O–H groups in total. The molecule has 0 spiro atoms. The number of urea groups is 1. The van der Waals surface area contributed by atoms with Gasteiger partial charge in [0.25, 0.3) is 5.91 Å². The molecule has 0 fully saturated rings. The van der Waals surface area contributed by atoms with Crippen molar-refractivity contribution in [3.8, 4) is 11.5 Å². The highest BCUT2D eigenvalue weighted by molar-refractivity contribution is 5.94. The lowest BCUT2D eigenvalue weighted by atomic mass is 10.2. The predicted molar refractivity (Wildman–Crippen MR) is 72.0 cm³/mol. The van der Waals surface area contributed by atoms with Gasteiger partial charge in [0.05, 0.1) is 0 Å². The summed E-state index contributed by atoms with van der Waals surface area (Å²) in [7, 11) is 3.31. The molecule has 20 heavy (non-hydrogen) atoms. The van der Waals surface area contributed by atoms with Crippen LogP contribution in [0, 0.1) is 0 Å². The van der Waals surface area contributed by atoms with Gasteiger partial charge in [-0.2, -0.15) is 0 Å². The Balaban J connectivity index is 1.79. The molecule has 0 radical (unpaired) electrons. The van der Waals surface area contributed by atoms with Crippen molar-refractivity contribution in [2.75, 3.05) is 34.0 Å². The van der Waals surface area contributed by atoms with Crippen LogP contribution in [0.5, 0.6) is 11.5 Å². The zero-order valence-corrected chi connectivity index (χ0v) is 11.4. The van der Waals surface area contributed by atoms with Crippen molar-refractivity contribution in [2.24, 2.45) is 0 Å². The van der Waals surface area contributed by atoms with E-state index in [1.165, 1.54) is 4.90 Å². The van der Waals surface area contributed by atoms with Gasteiger partial charge in [-0.3, -0.25) is 4.79 Å². The van der Waals surface area contributed by atoms with Crippen molar-refractivity contribution < 1.29 is 19.1 Å². The molecule has 1 aromatic carbocycles. The maximum absolute atomic E-state index is 11.9. The minimum absolute atomic E-state index is 0.178. The molecule has 0 bridgehead atoms. The van der Waals surface area contributed by atoms with E-state index in [-0.39, 0.29) is 18.7 Å². The molecule has 1 aliphatic heterocycles. The van der Waals surface area contributed by atoms with Crippen LogP contribution in [0.15, 0.2) is 18.2 Å². The van der Waals surface area contributed by atoms with Gasteiger partial charge < -0.3 is 25.0 Å². The Morgan fingerprint density at radius 1 is 1.15 bits per heavy atom. The number of nitrogens with one attached hydrogen (secondary N) is 2. The molecule has 0 aromatic heterocycles. The maximum atomic E-state index is 11.9. The molecule has 0 aliphatic carbocycles. The second kappa shape index (κ2) is 6.14. The van der Waals surface area contributed by atoms with Crippen molar-refractivity contribution >= 4 is 11.9 Å². The molecule has 7 nitrogen and oxygen atoms in total. The van der Waals surface area contributed by atoms with E-state index in [0.717, 1.165) is 0 Å². The number of benzene rings is 1. The summed E-state index contributed by atoms with van der Waals surface area (Å²) in [5.41, 5.74) is 0.494. The van der Waals surface area contributed by atoms with Gasteiger partial charge in [-0.25, -0.2) is 4.79 Å². The number of hydrogen-bond donors (Lipinski definition) is 2. The summed E-state index contributed by atoms with van der Waals surface area (Å²) in [6.45, 7) is 0.900. The van der Waals surface area contributed by atoms with Crippen molar-refractivity contribution in [1.82, 2.24) is 15.5 Å². The van der Waals surface area contributed by atoms with Crippen molar-refractivity contribution in [2.45, 2.75) is 0 Å². The Hall–Kier alpha value is -2.44. The Bertz CT molecular complexity index is 516. The van der Waals surface area contributed by atoms with Crippen LogP contribution < -0.4 is 20.1 Å². The van der Waals surface area contributed by atoms with Gasteiger partial charge in [-0.15, -0.1) is 0 Å². The van der Waals surface area contributed by atoms with Gasteiger partial charge >= 0.3 is 6.03 Å². The highest BCUT2D eigenvalue weighted by Gasteiger charge is 2.15. The number of nitrogens with zero attached hydrogens (tertiary/aromatic N) is 1. The molecule has 0 atom stereocenters. The molecule has 0 saturated carbocycles. The third-order valence-electron chi connectivity index (χ3n) is 2.73. The van der Waals surface area contributed by atoms with Crippen molar-refractivity contribution in [3.05, 3.63) is 23.8 Å². The summed E-state index contributed by atoms with van der Waals surface area (Å²) in [5.74, 6) is 0.987. The molecule has 3 amide bonds. The van der Waals surface area contributed by atoms with E-state index in [4.69, 9.17) is 9.47 Å². The van der Waals surface area contributed by atoms with E-state index < -0.39 is 0 Å². The van der Waals surface area contributed by atoms with E-state index in [1.807, 2.05) is 0 Å². The Labute approximate surface area is 116 Å². The smallest absolute Gasteiger partial charge is 0.316 e. The van der Waals surface area contributed by atoms with Crippen LogP contribution in [-0.2, 0) is 0 Å². The fourth-order valence-electron chi connectivity index (χ4n) is 1.64. The van der Waals surface area contributed by atoms with Gasteiger partial charge in [0.2, 0.25) is 6.79 Å². The van der Waals surface area contributed by atoms with Crippen LogP contribution in [-0.4, -0.2) is 50.8 Å². The highest BCUT2D eigenvalue weighted by Crippen LogP contribution is 2.32. The second-order valence-corrected chi connectivity index (χ2v) is 4.45. The number of carbonyl (C=O) groups excluding carboxylic acids is 2. The molecule has 1 aliphatic rings. The Morgan fingerprint density at radius 2 is 1.85 bits per heavy atom. The standard InChI is InChI=1S/C13H17N3O4/c1-16(2)13(18)15-6-5-14-12(17)9-3-4-10-11(7-9)20-8-19-10/h3-4,7H,5-6,8H2,1-2H3,(H,14,17)(H,15,18). The van der Waals surface area contributed by atoms with E-state index in [2.05, 4.69) is 10.6 Å². The molecule has 0 saturated heterocycles. The lowest BCUT2D eigenvalue weighted by Gasteiger charge is -2.12. The van der Waals surface area contributed by atoms with Gasteiger partial charge in [-0.1, -0.05) is 0 Å². The zero-order chi connectivity index (χ0) is 14.5. The van der Waals surface area contributed by atoms with E-state index in [1.54, 1.807) is 32.3 Å². The summed E-state index contributed by atoms with van der Waals surface area (Å²) >= 11 is 0. The molecule has 7 heteroatoms. The lowest BCUT2D eigenvalue weighted by molar-refractivity contribution is 0.0953. The summed E-state index contributed by atoms with van der Waals surface area (Å²) in [6.07, 6.45) is 0. The summed E-state index contributed by atoms with van der Waals surface area (Å²) in [4.78, 5) is 24.6. The van der Waals surface area contributed by atoms with Gasteiger partial charge in [0.15, 0.2) is 11.5 Å². The molecule has 1 heterocycles. The monoisotopic (exact) mass is 279 g/mol. The first-order valence-corrected chi connectivity index (χ1v) is 6.21. The first-order valence-electron chi connectivity index (χ1n) is 6.21. The van der Waals surface area contributed by atoms with E-state index in [0.29, 0.717) is 30.2 Å². The van der Waals surface area contributed by atoms with Crippen molar-refractivity contribution in [1.29, 1.82) is 0 Å². The number of rotatable bonds is 4. The van der Waals surface area contributed by atoms with Crippen LogP contribution in [0.3, 0.4) is 0 Å². The molecular weight excluding hydrogens is 262 g/mol. The Kier molecular flexibility index (Phi) is 4.29. The van der Waals surface area contributed by atoms with Crippen molar-refractivity contribution in [3.63, 3.8) is 0 Å². The summed E-state index contributed by atoms with van der Waals surface area (Å²) < 4.78 is 10.4. The third-order valence-corrected chi connectivity index (χ3v) is 2.73. The van der Waals surface area contributed by atoms with Gasteiger partial charge in [-0.05, 0) is 18.2 Å². The Morgan fingerprint density at radius 3 is 2.60 bits per heavy atom. The van der Waals surface area contributed by atoms with E-state index in [9.17, 15) is 9.59 Å². The third kappa shape index (κ3) is 3.31. The fourth-order valence-corrected chi connectivity index (χ4v) is 1.64. The van der Waals surface area contributed by atoms with Crippen LogP contribution in [0.25, 0.3) is 0 Å².